The average Bonchev–Trinajstić information content (AvgIpc) is 3.30. The van der Waals surface area contributed by atoms with Crippen LogP contribution in [0.25, 0.3) is 0 Å². The predicted octanol–water partition coefficient (Wildman–Crippen LogP) is 8.75. The number of methoxy groups -OCH3 is 1. The van der Waals surface area contributed by atoms with Crippen LogP contribution in [0.5, 0.6) is 11.5 Å². The summed E-state index contributed by atoms with van der Waals surface area (Å²) in [6.07, 6.45) is 5.29. The van der Waals surface area contributed by atoms with Crippen LogP contribution in [0, 0.1) is 0 Å². The van der Waals surface area contributed by atoms with Gasteiger partial charge in [0.25, 0.3) is 0 Å². The molecule has 0 spiro atoms. The molecular weight excluding hydrogens is 878 g/mol. The molecule has 4 rings (SSSR count). The van der Waals surface area contributed by atoms with Gasteiger partial charge in [-0.05, 0) is 109 Å². The van der Waals surface area contributed by atoms with Crippen LogP contribution in [0.15, 0.2) is 132 Å². The summed E-state index contributed by atoms with van der Waals surface area (Å²) in [5.41, 5.74) is 11.0. The number of nitrogens with zero attached hydrogens (tertiary/aromatic N) is 1. The summed E-state index contributed by atoms with van der Waals surface area (Å²) in [6.45, 7) is 9.69. The second kappa shape index (κ2) is 26.8. The van der Waals surface area contributed by atoms with Gasteiger partial charge >= 0.3 is 11.9 Å². The van der Waals surface area contributed by atoms with Crippen LogP contribution in [0.2, 0.25) is 0 Å². The zero-order chi connectivity index (χ0) is 46.4. The summed E-state index contributed by atoms with van der Waals surface area (Å²) in [5.74, 6) is -0.466. The Morgan fingerprint density at radius 1 is 0.859 bits per heavy atom. The molecule has 0 heterocycles. The number of halogens is 1. The summed E-state index contributed by atoms with van der Waals surface area (Å²) in [5, 5.41) is 2.78. The number of nitrogens with two attached hydrogens (primary N) is 1. The van der Waals surface area contributed by atoms with Crippen molar-refractivity contribution in [1.29, 1.82) is 0 Å². The minimum absolute atomic E-state index is 0.00662. The van der Waals surface area contributed by atoms with Crippen LogP contribution in [-0.4, -0.2) is 73.6 Å². The van der Waals surface area contributed by atoms with E-state index >= 15 is 0 Å². The molecule has 0 aromatic heterocycles. The van der Waals surface area contributed by atoms with Gasteiger partial charge in [0.1, 0.15) is 48.9 Å². The number of nitrogens with one attached hydrogen (secondary N) is 1. The normalized spacial score (nSPS) is 13.6. The van der Waals surface area contributed by atoms with E-state index in [1.54, 1.807) is 14.0 Å². The molecule has 0 aliphatic carbocycles. The van der Waals surface area contributed by atoms with Gasteiger partial charge in [0.05, 0.1) is 24.3 Å². The topological polar surface area (TPSA) is 156 Å². The van der Waals surface area contributed by atoms with E-state index in [2.05, 4.69) is 33.9 Å². The van der Waals surface area contributed by atoms with Crippen molar-refractivity contribution in [2.75, 3.05) is 20.8 Å². The zero-order valence-electron chi connectivity index (χ0n) is 37.5. The van der Waals surface area contributed by atoms with E-state index in [0.29, 0.717) is 42.5 Å². The van der Waals surface area contributed by atoms with Gasteiger partial charge in [-0.1, -0.05) is 103 Å². The molecule has 4 aromatic rings. The number of amides is 2. The molecule has 64 heavy (non-hydrogen) atoms. The van der Waals surface area contributed by atoms with Crippen molar-refractivity contribution in [3.63, 3.8) is 0 Å². The lowest BCUT2D eigenvalue weighted by atomic mass is 10.0. The molecule has 0 bridgehead atoms. The fraction of sp³-hybridized carbons (Fsp3) is 0.373. The van der Waals surface area contributed by atoms with Gasteiger partial charge in [0.2, 0.25) is 11.8 Å². The van der Waals surface area contributed by atoms with Crippen molar-refractivity contribution >= 4 is 39.7 Å². The lowest BCUT2D eigenvalue weighted by molar-refractivity contribution is -0.155. The van der Waals surface area contributed by atoms with Gasteiger partial charge < -0.3 is 39.6 Å². The Kier molecular flexibility index (Phi) is 21.3. The second-order valence-corrected chi connectivity index (χ2v) is 16.5. The highest BCUT2D eigenvalue weighted by molar-refractivity contribution is 9.10. The van der Waals surface area contributed by atoms with Gasteiger partial charge in [-0.25, -0.2) is 4.79 Å². The molecule has 13 heteroatoms. The number of unbranched alkanes of at least 4 members (excludes halogenated alkanes) is 1. The summed E-state index contributed by atoms with van der Waals surface area (Å²) < 4.78 is 29.3. The van der Waals surface area contributed by atoms with E-state index in [1.807, 2.05) is 117 Å². The van der Waals surface area contributed by atoms with Crippen molar-refractivity contribution in [2.45, 2.75) is 103 Å². The number of carbonyl (C=O) groups excluding carboxylic acids is 4. The molecule has 0 radical (unpaired) electrons. The maximum atomic E-state index is 13.6. The molecule has 0 saturated heterocycles. The van der Waals surface area contributed by atoms with E-state index in [4.69, 9.17) is 29.4 Å². The number of ether oxygens (including phenoxy) is 5. The van der Waals surface area contributed by atoms with Crippen LogP contribution >= 0.6 is 15.9 Å². The van der Waals surface area contributed by atoms with Gasteiger partial charge in [-0.15, -0.1) is 0 Å². The monoisotopic (exact) mass is 939 g/mol. The van der Waals surface area contributed by atoms with Crippen LogP contribution in [0.1, 0.15) is 81.2 Å². The van der Waals surface area contributed by atoms with E-state index in [1.165, 1.54) is 18.0 Å². The lowest BCUT2D eigenvalue weighted by Crippen LogP contribution is -2.52. The Morgan fingerprint density at radius 2 is 1.52 bits per heavy atom. The first-order chi connectivity index (χ1) is 30.8. The quantitative estimate of drug-likeness (QED) is 0.0355. The Bertz CT molecular complexity index is 2130. The molecule has 0 aliphatic heterocycles. The molecule has 0 fully saturated rings. The molecule has 0 aliphatic rings. The highest BCUT2D eigenvalue weighted by Crippen LogP contribution is 2.28. The molecule has 5 atom stereocenters. The van der Waals surface area contributed by atoms with Crippen molar-refractivity contribution in [3.8, 4) is 11.5 Å². The van der Waals surface area contributed by atoms with Gasteiger partial charge in [-0.3, -0.25) is 14.4 Å². The number of hydrogen-bond donors (Lipinski definition) is 2. The predicted molar refractivity (Wildman–Crippen MR) is 251 cm³/mol. The number of likely N-dealkylation sites (N-methyl/N-ethyl adjacent to an activating group) is 1. The number of rotatable bonds is 26. The first kappa shape index (κ1) is 50.9. The minimum Gasteiger partial charge on any atom is -0.497 e. The van der Waals surface area contributed by atoms with Crippen molar-refractivity contribution in [2.24, 2.45) is 5.73 Å². The number of esters is 2. The third-order valence-electron chi connectivity index (χ3n) is 10.5. The zero-order valence-corrected chi connectivity index (χ0v) is 39.1. The number of benzene rings is 4. The maximum Gasteiger partial charge on any atom is 0.329 e. The van der Waals surface area contributed by atoms with Crippen LogP contribution in [0.4, 0.5) is 0 Å². The second-order valence-electron chi connectivity index (χ2n) is 15.7. The van der Waals surface area contributed by atoms with E-state index < -0.39 is 48.2 Å². The van der Waals surface area contributed by atoms with Crippen LogP contribution < -0.4 is 20.5 Å². The fourth-order valence-corrected chi connectivity index (χ4v) is 7.30. The van der Waals surface area contributed by atoms with Gasteiger partial charge in [0, 0.05) is 19.9 Å². The SMILES string of the molecule is C=CCOC(=O)[C@H](Cc1ccc(OCc2ccccc2)c(Br)c1)N(C)C(=O)[C@H](C)NC(=O)CCC/C=C(\C)CC[C@H](C)OC(=O)[C@@H](N)C(OCc1ccc(OC)cc1)c1ccccc1. The van der Waals surface area contributed by atoms with Gasteiger partial charge in [0.15, 0.2) is 0 Å². The molecule has 1 unspecified atom stereocenters. The van der Waals surface area contributed by atoms with E-state index in [9.17, 15) is 19.2 Å². The summed E-state index contributed by atoms with van der Waals surface area (Å²) in [6, 6.07) is 29.3. The summed E-state index contributed by atoms with van der Waals surface area (Å²) in [4.78, 5) is 54.3. The first-order valence-corrected chi connectivity index (χ1v) is 22.3. The summed E-state index contributed by atoms with van der Waals surface area (Å²) >= 11 is 3.57. The highest BCUT2D eigenvalue weighted by atomic mass is 79.9. The standard InChI is InChI=1S/C51H62BrN3O9/c1-7-30-61-50(58)44(32-40-26-29-45(43(52)31-40)62-33-38-17-10-8-11-18-38)55(5)49(57)37(4)54-46(56)21-15-14-16-35(2)22-23-36(3)64-51(59)47(53)48(41-19-12-9-13-20-41)63-34-39-24-27-42(60-6)28-25-39/h7-13,16-20,24-29,31,36-37,44,47-48H,1,14-15,21-23,30,32-34,53H2,2-6H3,(H,54,56)/b35-16+/t36-,37-,44-,47-,48?/m0/s1. The smallest absolute Gasteiger partial charge is 0.329 e. The van der Waals surface area contributed by atoms with Crippen LogP contribution in [-0.2, 0) is 53.0 Å². The fourth-order valence-electron chi connectivity index (χ4n) is 6.76. The van der Waals surface area contributed by atoms with Crippen molar-refractivity contribution in [3.05, 3.63) is 154 Å². The largest absolute Gasteiger partial charge is 0.497 e. The molecule has 0 saturated carbocycles. The molecule has 342 valence electrons. The Balaban J connectivity index is 1.21. The number of allylic oxidation sites excluding steroid dienone is 2. The Hall–Kier alpha value is -5.76. The molecular formula is C51H62BrN3O9. The van der Waals surface area contributed by atoms with Crippen LogP contribution in [0.3, 0.4) is 0 Å². The number of hydrogen-bond acceptors (Lipinski definition) is 10. The van der Waals surface area contributed by atoms with E-state index in [-0.39, 0.29) is 32.0 Å². The molecule has 12 nitrogen and oxygen atoms in total. The van der Waals surface area contributed by atoms with E-state index in [0.717, 1.165) is 33.6 Å². The first-order valence-electron chi connectivity index (χ1n) is 21.5. The lowest BCUT2D eigenvalue weighted by Gasteiger charge is -2.29. The van der Waals surface area contributed by atoms with Crippen molar-refractivity contribution in [1.82, 2.24) is 10.2 Å². The third kappa shape index (κ3) is 16.7. The Morgan fingerprint density at radius 3 is 2.17 bits per heavy atom. The molecule has 2 amide bonds. The van der Waals surface area contributed by atoms with Crippen molar-refractivity contribution < 1.29 is 42.9 Å². The minimum atomic E-state index is -1.04. The third-order valence-corrected chi connectivity index (χ3v) is 11.1. The molecule has 3 N–H and O–H groups in total. The Labute approximate surface area is 386 Å². The maximum absolute atomic E-state index is 13.6. The average molecular weight is 941 g/mol. The van der Waals surface area contributed by atoms with Gasteiger partial charge in [-0.2, -0.15) is 0 Å². The highest BCUT2D eigenvalue weighted by Gasteiger charge is 2.32. The molecule has 4 aromatic carbocycles. The summed E-state index contributed by atoms with van der Waals surface area (Å²) in [7, 11) is 3.14. The number of carbonyl (C=O) groups is 4.